The average molecular weight is 553 g/mol. The fraction of sp³-hybridized carbons (Fsp3) is 0.211. The second kappa shape index (κ2) is 14.5. The highest BCUT2D eigenvalue weighted by molar-refractivity contribution is 6.49. The maximum Gasteiger partial charge on any atom is 0.233 e. The summed E-state index contributed by atoms with van der Waals surface area (Å²) in [5.74, 6) is 11.5. The Morgan fingerprint density at radius 2 is 0.667 bits per heavy atom. The lowest BCUT2D eigenvalue weighted by Gasteiger charge is -2.20. The van der Waals surface area contributed by atoms with E-state index in [1.165, 1.54) is 11.4 Å². The lowest BCUT2D eigenvalue weighted by molar-refractivity contribution is 0.0817. The van der Waals surface area contributed by atoms with Crippen molar-refractivity contribution in [2.24, 2.45) is 0 Å². The molecule has 0 aliphatic carbocycles. The number of hydrogen-bond acceptors (Lipinski definition) is 4. The predicted molar refractivity (Wildman–Crippen MR) is 174 cm³/mol. The van der Waals surface area contributed by atoms with Crippen molar-refractivity contribution < 1.29 is 9.59 Å². The molecule has 210 valence electrons. The van der Waals surface area contributed by atoms with Gasteiger partial charge in [-0.15, -0.1) is 0 Å². The van der Waals surface area contributed by atoms with Gasteiger partial charge in [-0.05, 0) is 125 Å². The van der Waals surface area contributed by atoms with E-state index in [1.807, 2.05) is 24.3 Å². The van der Waals surface area contributed by atoms with Gasteiger partial charge >= 0.3 is 0 Å². The van der Waals surface area contributed by atoms with Gasteiger partial charge in [0.15, 0.2) is 0 Å². The number of carbonyl (C=O) groups excluding carboxylic acids is 2. The van der Waals surface area contributed by atoms with E-state index < -0.39 is 11.6 Å². The van der Waals surface area contributed by atoms with E-state index in [4.69, 9.17) is 0 Å². The molecule has 0 radical (unpaired) electrons. The maximum absolute atomic E-state index is 12.9. The summed E-state index contributed by atoms with van der Waals surface area (Å²) in [6.07, 6.45) is 0. The molecule has 0 aliphatic heterocycles. The van der Waals surface area contributed by atoms with Crippen LogP contribution < -0.4 is 9.80 Å². The molecule has 0 saturated carbocycles. The van der Waals surface area contributed by atoms with Crippen LogP contribution in [-0.2, 0) is 0 Å². The van der Waals surface area contributed by atoms with Crippen LogP contribution in [0.1, 0.15) is 70.7 Å². The van der Waals surface area contributed by atoms with Crippen LogP contribution in [0.2, 0.25) is 0 Å². The number of ketones is 2. The number of hydrogen-bond donors (Lipinski definition) is 0. The first kappa shape index (κ1) is 29.9. The molecular weight excluding hydrogens is 516 g/mol. The van der Waals surface area contributed by atoms with E-state index in [9.17, 15) is 9.59 Å². The quantitative estimate of drug-likeness (QED) is 0.125. The molecule has 0 amide bonds. The zero-order chi connectivity index (χ0) is 29.9. The predicted octanol–water partition coefficient (Wildman–Crippen LogP) is 7.24. The third kappa shape index (κ3) is 7.57. The molecule has 4 nitrogen and oxygen atoms in total. The molecule has 4 rings (SSSR count). The van der Waals surface area contributed by atoms with Gasteiger partial charge in [0.1, 0.15) is 0 Å². The van der Waals surface area contributed by atoms with E-state index >= 15 is 0 Å². The van der Waals surface area contributed by atoms with Crippen molar-refractivity contribution in [3.8, 4) is 23.7 Å². The standard InChI is InChI=1S/C38H36N2O2/c1-5-39(6-2)35-25-17-31(18-26-35)11-9-29-13-21-33(22-14-29)37(41)38(42)34-23-15-30(16-24-34)10-12-32-19-27-36(28-20-32)40(7-3)8-4/h13-28H,5-8H2,1-4H3. The number of benzene rings is 4. The first-order valence-corrected chi connectivity index (χ1v) is 14.5. The Labute approximate surface area is 250 Å². The molecule has 0 aliphatic rings. The molecule has 4 aromatic carbocycles. The van der Waals surface area contributed by atoms with Crippen LogP contribution in [0.3, 0.4) is 0 Å². The highest BCUT2D eigenvalue weighted by Gasteiger charge is 2.18. The third-order valence-electron chi connectivity index (χ3n) is 7.19. The normalized spacial score (nSPS) is 10.1. The fourth-order valence-corrected chi connectivity index (χ4v) is 4.65. The van der Waals surface area contributed by atoms with Gasteiger partial charge in [-0.25, -0.2) is 0 Å². The Morgan fingerprint density at radius 1 is 0.429 bits per heavy atom. The summed E-state index contributed by atoms with van der Waals surface area (Å²) in [7, 11) is 0. The minimum atomic E-state index is -0.548. The molecule has 0 fully saturated rings. The van der Waals surface area contributed by atoms with Gasteiger partial charge in [0, 0.05) is 70.9 Å². The number of Topliss-reactive ketones (excluding diaryl/α,β-unsaturated/α-hetero) is 2. The molecule has 0 unspecified atom stereocenters. The van der Waals surface area contributed by atoms with E-state index in [0.717, 1.165) is 48.4 Å². The Morgan fingerprint density at radius 3 is 0.905 bits per heavy atom. The molecule has 0 N–H and O–H groups in total. The lowest BCUT2D eigenvalue weighted by atomic mass is 9.99. The minimum absolute atomic E-state index is 0.339. The molecule has 0 bridgehead atoms. The van der Waals surface area contributed by atoms with Gasteiger partial charge in [0.05, 0.1) is 0 Å². The van der Waals surface area contributed by atoms with E-state index in [2.05, 4.69) is 85.4 Å². The lowest BCUT2D eigenvalue weighted by Crippen LogP contribution is -2.21. The van der Waals surface area contributed by atoms with E-state index in [1.54, 1.807) is 48.5 Å². The highest BCUT2D eigenvalue weighted by Crippen LogP contribution is 2.16. The minimum Gasteiger partial charge on any atom is -0.372 e. The first-order chi connectivity index (χ1) is 20.4. The van der Waals surface area contributed by atoms with Crippen molar-refractivity contribution in [3.63, 3.8) is 0 Å². The number of anilines is 2. The van der Waals surface area contributed by atoms with Crippen LogP contribution in [0.4, 0.5) is 11.4 Å². The Kier molecular flexibility index (Phi) is 10.4. The Hall–Kier alpha value is -5.06. The number of rotatable bonds is 9. The van der Waals surface area contributed by atoms with Gasteiger partial charge in [0.25, 0.3) is 0 Å². The van der Waals surface area contributed by atoms with Crippen LogP contribution >= 0.6 is 0 Å². The van der Waals surface area contributed by atoms with Crippen molar-refractivity contribution in [3.05, 3.63) is 130 Å². The molecule has 42 heavy (non-hydrogen) atoms. The summed E-state index contributed by atoms with van der Waals surface area (Å²) in [6, 6.07) is 30.0. The summed E-state index contributed by atoms with van der Waals surface area (Å²) in [5.41, 5.74) is 6.42. The summed E-state index contributed by atoms with van der Waals surface area (Å²) < 4.78 is 0. The number of carbonyl (C=O) groups is 2. The monoisotopic (exact) mass is 552 g/mol. The van der Waals surface area contributed by atoms with Crippen molar-refractivity contribution >= 4 is 22.9 Å². The molecular formula is C38H36N2O2. The Bertz CT molecular complexity index is 1490. The summed E-state index contributed by atoms with van der Waals surface area (Å²) >= 11 is 0. The second-order valence-corrected chi connectivity index (χ2v) is 9.75. The SMILES string of the molecule is CCN(CC)c1ccc(C#Cc2ccc(C(=O)C(=O)c3ccc(C#Cc4ccc(N(CC)CC)cc4)cc3)cc2)cc1. The maximum atomic E-state index is 12.9. The Balaban J connectivity index is 1.37. The molecule has 0 heterocycles. The second-order valence-electron chi connectivity index (χ2n) is 9.75. The molecule has 0 atom stereocenters. The van der Waals surface area contributed by atoms with Crippen LogP contribution in [-0.4, -0.2) is 37.7 Å². The third-order valence-corrected chi connectivity index (χ3v) is 7.19. The van der Waals surface area contributed by atoms with Crippen molar-refractivity contribution in [1.82, 2.24) is 0 Å². The molecule has 4 aromatic rings. The first-order valence-electron chi connectivity index (χ1n) is 14.5. The van der Waals surface area contributed by atoms with Crippen molar-refractivity contribution in [2.45, 2.75) is 27.7 Å². The van der Waals surface area contributed by atoms with Gasteiger partial charge in [-0.1, -0.05) is 23.7 Å². The summed E-state index contributed by atoms with van der Waals surface area (Å²) in [4.78, 5) is 30.3. The fourth-order valence-electron chi connectivity index (χ4n) is 4.65. The van der Waals surface area contributed by atoms with Crippen LogP contribution in [0.25, 0.3) is 0 Å². The topological polar surface area (TPSA) is 40.6 Å². The van der Waals surface area contributed by atoms with E-state index in [0.29, 0.717) is 11.1 Å². The zero-order valence-electron chi connectivity index (χ0n) is 24.8. The van der Waals surface area contributed by atoms with E-state index in [-0.39, 0.29) is 0 Å². The van der Waals surface area contributed by atoms with Crippen molar-refractivity contribution in [1.29, 1.82) is 0 Å². The smallest absolute Gasteiger partial charge is 0.233 e. The van der Waals surface area contributed by atoms with Crippen molar-refractivity contribution in [2.75, 3.05) is 36.0 Å². The highest BCUT2D eigenvalue weighted by atomic mass is 16.2. The number of nitrogens with zero attached hydrogens (tertiary/aromatic N) is 2. The van der Waals surface area contributed by atoms with Gasteiger partial charge < -0.3 is 9.80 Å². The molecule has 0 spiro atoms. The molecule has 0 aromatic heterocycles. The van der Waals surface area contributed by atoms with Gasteiger partial charge in [0.2, 0.25) is 11.6 Å². The largest absolute Gasteiger partial charge is 0.372 e. The summed E-state index contributed by atoms with van der Waals surface area (Å²) in [6.45, 7) is 12.4. The molecule has 0 saturated heterocycles. The average Bonchev–Trinajstić information content (AvgIpc) is 3.05. The van der Waals surface area contributed by atoms with Crippen LogP contribution in [0.15, 0.2) is 97.1 Å². The van der Waals surface area contributed by atoms with Gasteiger partial charge in [-0.2, -0.15) is 0 Å². The zero-order valence-corrected chi connectivity index (χ0v) is 24.8. The van der Waals surface area contributed by atoms with Crippen LogP contribution in [0.5, 0.6) is 0 Å². The summed E-state index contributed by atoms with van der Waals surface area (Å²) in [5, 5.41) is 0. The van der Waals surface area contributed by atoms with Crippen LogP contribution in [0, 0.1) is 23.7 Å². The van der Waals surface area contributed by atoms with Gasteiger partial charge in [-0.3, -0.25) is 9.59 Å². The molecule has 4 heteroatoms.